The average molecular weight is 792 g/mol. The molecule has 4 aromatic rings. The number of benzene rings is 3. The lowest BCUT2D eigenvalue weighted by Gasteiger charge is -2.33. The summed E-state index contributed by atoms with van der Waals surface area (Å²) in [4.78, 5) is 14.9. The van der Waals surface area contributed by atoms with Crippen LogP contribution in [0.4, 0.5) is 20.2 Å². The molecule has 312 valence electrons. The van der Waals surface area contributed by atoms with Crippen molar-refractivity contribution in [2.75, 3.05) is 37.3 Å². The second kappa shape index (κ2) is 19.6. The Kier molecular flexibility index (Phi) is 15.4. The van der Waals surface area contributed by atoms with Crippen LogP contribution in [0.15, 0.2) is 111 Å². The van der Waals surface area contributed by atoms with Gasteiger partial charge in [-0.2, -0.15) is 0 Å². The molecule has 0 aliphatic carbocycles. The van der Waals surface area contributed by atoms with E-state index in [0.29, 0.717) is 17.4 Å². The topological polar surface area (TPSA) is 52.5 Å². The summed E-state index contributed by atoms with van der Waals surface area (Å²) in [5, 5.41) is 7.89. The van der Waals surface area contributed by atoms with Crippen LogP contribution in [-0.4, -0.2) is 53.0 Å². The fourth-order valence-corrected chi connectivity index (χ4v) is 7.88. The molecule has 0 bridgehead atoms. The van der Waals surface area contributed by atoms with Crippen LogP contribution in [0.5, 0.6) is 0 Å². The Labute approximate surface area is 347 Å². The number of anilines is 2. The lowest BCUT2D eigenvalue weighted by Crippen LogP contribution is -2.33. The molecule has 0 radical (unpaired) electrons. The Morgan fingerprint density at radius 2 is 1.48 bits per heavy atom. The highest BCUT2D eigenvalue weighted by molar-refractivity contribution is 5.91. The number of allylic oxidation sites excluding steroid dienone is 2. The Balaban J connectivity index is 0.000000392. The number of fused-ring (bicyclic) bond motifs is 5. The first kappa shape index (κ1) is 45.6. The fraction of sp³-hybridized carbons (Fsp3) is 0.420. The Morgan fingerprint density at radius 3 is 2.03 bits per heavy atom. The molecule has 3 aliphatic rings. The number of likely N-dealkylation sites (tertiary alicyclic amines) is 2. The number of amides is 1. The monoisotopic (exact) mass is 792 g/mol. The van der Waals surface area contributed by atoms with Crippen molar-refractivity contribution in [1.82, 2.24) is 14.4 Å². The highest BCUT2D eigenvalue weighted by Crippen LogP contribution is 2.44. The van der Waals surface area contributed by atoms with Crippen LogP contribution in [-0.2, 0) is 11.2 Å². The first-order valence-electron chi connectivity index (χ1n) is 20.6. The molecule has 7 rings (SSSR count). The summed E-state index contributed by atoms with van der Waals surface area (Å²) in [7, 11) is 1.90. The molecule has 0 saturated carbocycles. The fourth-order valence-electron chi connectivity index (χ4n) is 7.88. The number of aromatic nitrogens is 1. The van der Waals surface area contributed by atoms with Crippen LogP contribution in [0.3, 0.4) is 0 Å². The van der Waals surface area contributed by atoms with Crippen LogP contribution >= 0.6 is 0 Å². The first-order chi connectivity index (χ1) is 27.4. The predicted octanol–water partition coefficient (Wildman–Crippen LogP) is 12.8. The molecule has 3 aliphatic heterocycles. The van der Waals surface area contributed by atoms with E-state index in [2.05, 4.69) is 137 Å². The van der Waals surface area contributed by atoms with Gasteiger partial charge in [-0.3, -0.25) is 4.79 Å². The average Bonchev–Trinajstić information content (AvgIpc) is 3.95. The maximum atomic E-state index is 14.4. The number of carbonyl (C=O) groups excluding carboxylic acids is 1. The molecule has 2 unspecified atom stereocenters. The molecule has 8 heteroatoms. The van der Waals surface area contributed by atoms with Gasteiger partial charge in [-0.25, -0.2) is 8.78 Å². The number of nitrogens with zero attached hydrogens (tertiary/aromatic N) is 3. The summed E-state index contributed by atoms with van der Waals surface area (Å²) < 4.78 is 31.0. The predicted molar refractivity (Wildman–Crippen MR) is 243 cm³/mol. The van der Waals surface area contributed by atoms with E-state index in [0.717, 1.165) is 89.8 Å². The van der Waals surface area contributed by atoms with Gasteiger partial charge in [-0.15, -0.1) is 19.7 Å². The van der Waals surface area contributed by atoms with Crippen LogP contribution < -0.4 is 10.6 Å². The van der Waals surface area contributed by atoms with Gasteiger partial charge in [0, 0.05) is 84.6 Å². The maximum Gasteiger partial charge on any atom is 0.219 e. The van der Waals surface area contributed by atoms with Gasteiger partial charge in [0.2, 0.25) is 5.91 Å². The normalized spacial score (nSPS) is 17.0. The molecule has 2 fully saturated rings. The molecular formula is C50H67F2N5O. The van der Waals surface area contributed by atoms with Crippen LogP contribution in [0.2, 0.25) is 0 Å². The number of carbonyl (C=O) groups is 1. The van der Waals surface area contributed by atoms with Crippen LogP contribution in [0.1, 0.15) is 97.7 Å². The smallest absolute Gasteiger partial charge is 0.219 e. The van der Waals surface area contributed by atoms with E-state index in [9.17, 15) is 13.6 Å². The van der Waals surface area contributed by atoms with Crippen molar-refractivity contribution in [3.63, 3.8) is 0 Å². The van der Waals surface area contributed by atoms with Crippen LogP contribution in [0, 0.1) is 22.5 Å². The second-order valence-corrected chi connectivity index (χ2v) is 17.8. The van der Waals surface area contributed by atoms with E-state index in [1.807, 2.05) is 18.0 Å². The Morgan fingerprint density at radius 1 is 0.862 bits per heavy atom. The number of nitrogens with one attached hydrogen (secondary N) is 2. The Hall–Kier alpha value is -5.11. The molecule has 2 saturated heterocycles. The molecule has 1 aromatic heterocycles. The SMILES string of the molecule is C=C.C=C(Nc1ccc2c(c1)cc1n2C(c2cc(F)cc(F)c2)Cc2cc(NC)ccc2-1)C1CCCN1C(=C)CC(C)(C)C.C=CC(C)(C)C.CC(=O)N1CCCC1. The number of rotatable bonds is 7. The standard InChI is InChI=1S/C36H40F2N4.C6H11NO.C6H12.C2H4/c1-22(21-36(3,4)5)41-13-7-8-32(41)23(2)40-30-10-12-33-26(17-30)19-35-31-11-9-29(39-6)16-24(31)18-34(42(33)35)25-14-27(37)20-28(38)15-25;1-6(8)7-4-2-3-5-7;1-5-6(2,3)4;1-2/h9-12,14-17,19-20,32,34,39-40H,1-2,7-8,13,18,21H2,3-6H3;2-5H2,1H3;5H,1H2,2-4H3;1-2H2. The minimum absolute atomic E-state index is 0.182. The van der Waals surface area contributed by atoms with Crippen molar-refractivity contribution >= 4 is 28.2 Å². The largest absolute Gasteiger partial charge is 0.388 e. The van der Waals surface area contributed by atoms with E-state index in [1.54, 1.807) is 6.92 Å². The van der Waals surface area contributed by atoms with Gasteiger partial charge in [0.05, 0.1) is 12.1 Å². The molecule has 3 aromatic carbocycles. The van der Waals surface area contributed by atoms with E-state index in [4.69, 9.17) is 0 Å². The summed E-state index contributed by atoms with van der Waals surface area (Å²) in [6.07, 6.45) is 8.09. The van der Waals surface area contributed by atoms with Gasteiger partial charge in [-0.1, -0.05) is 66.8 Å². The van der Waals surface area contributed by atoms with Gasteiger partial charge < -0.3 is 25.0 Å². The molecule has 0 spiro atoms. The zero-order chi connectivity index (χ0) is 42.9. The molecule has 6 nitrogen and oxygen atoms in total. The number of halogens is 2. The first-order valence-corrected chi connectivity index (χ1v) is 20.6. The van der Waals surface area contributed by atoms with Gasteiger partial charge in [0.15, 0.2) is 0 Å². The molecule has 4 heterocycles. The van der Waals surface area contributed by atoms with Crippen molar-refractivity contribution in [2.45, 2.75) is 99.1 Å². The molecular weight excluding hydrogens is 725 g/mol. The third-order valence-electron chi connectivity index (χ3n) is 10.8. The zero-order valence-electron chi connectivity index (χ0n) is 36.4. The van der Waals surface area contributed by atoms with E-state index >= 15 is 0 Å². The number of hydrogen-bond acceptors (Lipinski definition) is 4. The molecule has 2 atom stereocenters. The van der Waals surface area contributed by atoms with Crippen molar-refractivity contribution < 1.29 is 13.6 Å². The summed E-state index contributed by atoms with van der Waals surface area (Å²) in [5.74, 6) is -0.898. The summed E-state index contributed by atoms with van der Waals surface area (Å²) in [6, 6.07) is 18.7. The molecule has 1 amide bonds. The van der Waals surface area contributed by atoms with Gasteiger partial charge in [-0.05, 0) is 109 Å². The van der Waals surface area contributed by atoms with E-state index in [1.165, 1.54) is 30.7 Å². The summed E-state index contributed by atoms with van der Waals surface area (Å²) in [6.45, 7) is 36.2. The third-order valence-corrected chi connectivity index (χ3v) is 10.8. The zero-order valence-corrected chi connectivity index (χ0v) is 36.4. The lowest BCUT2D eigenvalue weighted by atomic mass is 9.89. The molecule has 2 N–H and O–H groups in total. The number of hydrogen-bond donors (Lipinski definition) is 2. The maximum absolute atomic E-state index is 14.4. The van der Waals surface area contributed by atoms with Crippen molar-refractivity contribution in [3.05, 3.63) is 134 Å². The van der Waals surface area contributed by atoms with E-state index in [-0.39, 0.29) is 23.4 Å². The second-order valence-electron chi connectivity index (χ2n) is 17.8. The quantitative estimate of drug-likeness (QED) is 0.183. The van der Waals surface area contributed by atoms with E-state index < -0.39 is 11.6 Å². The van der Waals surface area contributed by atoms with Crippen molar-refractivity contribution in [2.24, 2.45) is 10.8 Å². The minimum Gasteiger partial charge on any atom is -0.388 e. The minimum atomic E-state index is -0.561. The van der Waals surface area contributed by atoms with Gasteiger partial charge >= 0.3 is 0 Å². The summed E-state index contributed by atoms with van der Waals surface area (Å²) >= 11 is 0. The van der Waals surface area contributed by atoms with Crippen molar-refractivity contribution in [3.8, 4) is 11.3 Å². The Bertz CT molecular complexity index is 2060. The van der Waals surface area contributed by atoms with Crippen LogP contribution in [0.25, 0.3) is 22.2 Å². The lowest BCUT2D eigenvalue weighted by molar-refractivity contribution is -0.127. The highest BCUT2D eigenvalue weighted by atomic mass is 19.1. The molecule has 58 heavy (non-hydrogen) atoms. The summed E-state index contributed by atoms with van der Waals surface area (Å²) in [5.41, 5.74) is 9.60. The third kappa shape index (κ3) is 11.7. The van der Waals surface area contributed by atoms with Crippen molar-refractivity contribution in [1.29, 1.82) is 0 Å². The van der Waals surface area contributed by atoms with Gasteiger partial charge in [0.1, 0.15) is 11.6 Å². The highest BCUT2D eigenvalue weighted by Gasteiger charge is 2.31. The van der Waals surface area contributed by atoms with Gasteiger partial charge in [0.25, 0.3) is 0 Å².